The van der Waals surface area contributed by atoms with Gasteiger partial charge in [-0.15, -0.1) is 0 Å². The SMILES string of the molecule is O=C(NCCS(=O)(=O)N1CCCC1)c1cc(-c2ccccc2)n[nH]1. The van der Waals surface area contributed by atoms with Crippen LogP contribution in [0, 0.1) is 0 Å². The average molecular weight is 348 g/mol. The molecule has 8 heteroatoms. The molecule has 1 fully saturated rings. The van der Waals surface area contributed by atoms with Crippen LogP contribution in [-0.4, -0.2) is 54.2 Å². The number of carbonyl (C=O) groups excluding carboxylic acids is 1. The van der Waals surface area contributed by atoms with Gasteiger partial charge in [-0.2, -0.15) is 5.10 Å². The number of hydrogen-bond acceptors (Lipinski definition) is 4. The molecular weight excluding hydrogens is 328 g/mol. The largest absolute Gasteiger partial charge is 0.350 e. The van der Waals surface area contributed by atoms with E-state index in [2.05, 4.69) is 15.5 Å². The minimum Gasteiger partial charge on any atom is -0.350 e. The Balaban J connectivity index is 1.55. The Morgan fingerprint density at radius 1 is 1.21 bits per heavy atom. The van der Waals surface area contributed by atoms with Crippen LogP contribution in [0.1, 0.15) is 23.3 Å². The Bertz CT molecular complexity index is 796. The van der Waals surface area contributed by atoms with Crippen LogP contribution in [0.2, 0.25) is 0 Å². The lowest BCUT2D eigenvalue weighted by atomic mass is 10.1. The molecule has 2 aromatic rings. The third-order valence-electron chi connectivity index (χ3n) is 4.00. The maximum Gasteiger partial charge on any atom is 0.269 e. The summed E-state index contributed by atoms with van der Waals surface area (Å²) in [4.78, 5) is 12.1. The Labute approximate surface area is 141 Å². The lowest BCUT2D eigenvalue weighted by Gasteiger charge is -2.15. The van der Waals surface area contributed by atoms with Crippen molar-refractivity contribution in [3.05, 3.63) is 42.1 Å². The van der Waals surface area contributed by atoms with Crippen molar-refractivity contribution in [1.82, 2.24) is 19.8 Å². The van der Waals surface area contributed by atoms with Crippen molar-refractivity contribution in [3.63, 3.8) is 0 Å². The van der Waals surface area contributed by atoms with E-state index in [0.29, 0.717) is 24.5 Å². The van der Waals surface area contributed by atoms with Gasteiger partial charge < -0.3 is 5.32 Å². The summed E-state index contributed by atoms with van der Waals surface area (Å²) in [6, 6.07) is 11.2. The lowest BCUT2D eigenvalue weighted by Crippen LogP contribution is -2.36. The van der Waals surface area contributed by atoms with Gasteiger partial charge in [-0.1, -0.05) is 30.3 Å². The quantitative estimate of drug-likeness (QED) is 0.821. The van der Waals surface area contributed by atoms with Crippen molar-refractivity contribution in [2.24, 2.45) is 0 Å². The number of carbonyl (C=O) groups is 1. The minimum atomic E-state index is -3.28. The van der Waals surface area contributed by atoms with Crippen LogP contribution in [0.15, 0.2) is 36.4 Å². The first kappa shape index (κ1) is 16.7. The molecule has 24 heavy (non-hydrogen) atoms. The minimum absolute atomic E-state index is 0.0807. The normalized spacial score (nSPS) is 15.5. The summed E-state index contributed by atoms with van der Waals surface area (Å²) in [5.41, 5.74) is 1.89. The molecule has 2 heterocycles. The third-order valence-corrected chi connectivity index (χ3v) is 5.87. The molecule has 1 aromatic carbocycles. The Morgan fingerprint density at radius 3 is 2.62 bits per heavy atom. The molecule has 1 saturated heterocycles. The molecule has 1 aromatic heterocycles. The van der Waals surface area contributed by atoms with Gasteiger partial charge in [0, 0.05) is 25.2 Å². The second-order valence-corrected chi connectivity index (χ2v) is 7.80. The first-order valence-electron chi connectivity index (χ1n) is 7.93. The van der Waals surface area contributed by atoms with Gasteiger partial charge in [-0.05, 0) is 18.9 Å². The van der Waals surface area contributed by atoms with Crippen LogP contribution < -0.4 is 5.32 Å². The van der Waals surface area contributed by atoms with E-state index >= 15 is 0 Å². The molecular formula is C16H20N4O3S. The van der Waals surface area contributed by atoms with Gasteiger partial charge in [0.1, 0.15) is 5.69 Å². The first-order chi connectivity index (χ1) is 11.6. The number of hydrogen-bond donors (Lipinski definition) is 2. The fraction of sp³-hybridized carbons (Fsp3) is 0.375. The molecule has 7 nitrogen and oxygen atoms in total. The third kappa shape index (κ3) is 3.82. The van der Waals surface area contributed by atoms with Crippen molar-refractivity contribution < 1.29 is 13.2 Å². The molecule has 1 aliphatic rings. The van der Waals surface area contributed by atoms with Crippen molar-refractivity contribution in [2.45, 2.75) is 12.8 Å². The van der Waals surface area contributed by atoms with E-state index < -0.39 is 10.0 Å². The van der Waals surface area contributed by atoms with Crippen LogP contribution in [0.4, 0.5) is 0 Å². The van der Waals surface area contributed by atoms with Gasteiger partial charge in [-0.25, -0.2) is 12.7 Å². The molecule has 0 spiro atoms. The van der Waals surface area contributed by atoms with Gasteiger partial charge in [0.05, 0.1) is 11.4 Å². The number of sulfonamides is 1. The van der Waals surface area contributed by atoms with Gasteiger partial charge >= 0.3 is 0 Å². The van der Waals surface area contributed by atoms with Crippen LogP contribution in [0.25, 0.3) is 11.3 Å². The van der Waals surface area contributed by atoms with E-state index in [1.807, 2.05) is 30.3 Å². The van der Waals surface area contributed by atoms with E-state index in [-0.39, 0.29) is 18.2 Å². The van der Waals surface area contributed by atoms with Crippen molar-refractivity contribution >= 4 is 15.9 Å². The molecule has 128 valence electrons. The van der Waals surface area contributed by atoms with Crippen LogP contribution >= 0.6 is 0 Å². The summed E-state index contributed by atoms with van der Waals surface area (Å²) in [7, 11) is -3.28. The molecule has 0 unspecified atom stereocenters. The van der Waals surface area contributed by atoms with Gasteiger partial charge in [0.2, 0.25) is 10.0 Å². The first-order valence-corrected chi connectivity index (χ1v) is 9.54. The number of benzene rings is 1. The molecule has 0 atom stereocenters. The Hall–Kier alpha value is -2.19. The second kappa shape index (κ2) is 7.14. The van der Waals surface area contributed by atoms with Gasteiger partial charge in [-0.3, -0.25) is 9.89 Å². The van der Waals surface area contributed by atoms with E-state index in [1.54, 1.807) is 6.07 Å². The average Bonchev–Trinajstić information content (AvgIpc) is 3.27. The summed E-state index contributed by atoms with van der Waals surface area (Å²) >= 11 is 0. The number of aromatic amines is 1. The summed E-state index contributed by atoms with van der Waals surface area (Å²) in [6.45, 7) is 1.24. The molecule has 0 bridgehead atoms. The zero-order valence-electron chi connectivity index (χ0n) is 13.2. The second-order valence-electron chi connectivity index (χ2n) is 5.71. The van der Waals surface area contributed by atoms with Crippen LogP contribution in [0.5, 0.6) is 0 Å². The van der Waals surface area contributed by atoms with Gasteiger partial charge in [0.15, 0.2) is 0 Å². The van der Waals surface area contributed by atoms with Crippen molar-refractivity contribution in [2.75, 3.05) is 25.4 Å². The Kier molecular flexibility index (Phi) is 4.96. The molecule has 3 rings (SSSR count). The van der Waals surface area contributed by atoms with Crippen molar-refractivity contribution in [3.8, 4) is 11.3 Å². The predicted molar refractivity (Wildman–Crippen MR) is 91.0 cm³/mol. The summed E-state index contributed by atoms with van der Waals surface area (Å²) < 4.78 is 25.7. The number of nitrogens with zero attached hydrogens (tertiary/aromatic N) is 2. The van der Waals surface area contributed by atoms with E-state index in [0.717, 1.165) is 18.4 Å². The zero-order valence-corrected chi connectivity index (χ0v) is 14.1. The monoisotopic (exact) mass is 348 g/mol. The summed E-state index contributed by atoms with van der Waals surface area (Å²) in [5, 5.41) is 9.43. The smallest absolute Gasteiger partial charge is 0.269 e. The fourth-order valence-electron chi connectivity index (χ4n) is 2.68. The molecule has 0 radical (unpaired) electrons. The predicted octanol–water partition coefficient (Wildman–Crippen LogP) is 1.23. The topological polar surface area (TPSA) is 95.2 Å². The molecule has 1 amide bonds. The van der Waals surface area contributed by atoms with Crippen LogP contribution in [0.3, 0.4) is 0 Å². The Morgan fingerprint density at radius 2 is 1.92 bits per heavy atom. The number of H-pyrrole nitrogens is 1. The molecule has 0 saturated carbocycles. The maximum absolute atomic E-state index is 12.1. The highest BCUT2D eigenvalue weighted by atomic mass is 32.2. The molecule has 1 aliphatic heterocycles. The maximum atomic E-state index is 12.1. The highest BCUT2D eigenvalue weighted by Gasteiger charge is 2.25. The van der Waals surface area contributed by atoms with Gasteiger partial charge in [0.25, 0.3) is 5.91 Å². The number of nitrogens with one attached hydrogen (secondary N) is 2. The zero-order chi connectivity index (χ0) is 17.0. The van der Waals surface area contributed by atoms with E-state index in [9.17, 15) is 13.2 Å². The lowest BCUT2D eigenvalue weighted by molar-refractivity contribution is 0.0951. The van der Waals surface area contributed by atoms with E-state index in [4.69, 9.17) is 0 Å². The highest BCUT2D eigenvalue weighted by molar-refractivity contribution is 7.89. The number of rotatable bonds is 6. The standard InChI is InChI=1S/C16H20N4O3S/c21-16(17-8-11-24(22,23)20-9-4-5-10-20)15-12-14(18-19-15)13-6-2-1-3-7-13/h1-3,6-7,12H,4-5,8-11H2,(H,17,21)(H,18,19). The van der Waals surface area contributed by atoms with E-state index in [1.165, 1.54) is 4.31 Å². The fourth-order valence-corrected chi connectivity index (χ4v) is 4.11. The number of aromatic nitrogens is 2. The molecule has 2 N–H and O–H groups in total. The van der Waals surface area contributed by atoms with Crippen molar-refractivity contribution in [1.29, 1.82) is 0 Å². The molecule has 0 aliphatic carbocycles. The summed E-state index contributed by atoms with van der Waals surface area (Å²) in [5.74, 6) is -0.445. The highest BCUT2D eigenvalue weighted by Crippen LogP contribution is 2.17. The van der Waals surface area contributed by atoms with Crippen LogP contribution in [-0.2, 0) is 10.0 Å². The number of amides is 1. The summed E-state index contributed by atoms with van der Waals surface area (Å²) in [6.07, 6.45) is 1.81.